The fourth-order valence-electron chi connectivity index (χ4n) is 1.41. The van der Waals surface area contributed by atoms with E-state index >= 15 is 0 Å². The Morgan fingerprint density at radius 1 is 1.56 bits per heavy atom. The molecule has 1 rings (SSSR count). The molecule has 0 aliphatic heterocycles. The number of nitrogens with zero attached hydrogens (tertiary/aromatic N) is 2. The molecule has 0 atom stereocenters. The first-order chi connectivity index (χ1) is 8.30. The number of aromatic nitrogens is 1. The molecule has 0 radical (unpaired) electrons. The molecular formula is C10H16N2O4S2. The first kappa shape index (κ1) is 15.1. The Hall–Kier alpha value is -0.990. The number of hydrogen-bond donors (Lipinski definition) is 1. The van der Waals surface area contributed by atoms with Crippen molar-refractivity contribution < 1.29 is 18.3 Å². The van der Waals surface area contributed by atoms with Crippen LogP contribution < -0.4 is 0 Å². The number of sulfonamides is 1. The summed E-state index contributed by atoms with van der Waals surface area (Å²) in [4.78, 5) is 10.9. The molecule has 0 spiro atoms. The Morgan fingerprint density at radius 2 is 2.17 bits per heavy atom. The van der Waals surface area contributed by atoms with Crippen molar-refractivity contribution in [1.29, 1.82) is 0 Å². The molecule has 0 aromatic carbocycles. The number of rotatable bonds is 6. The first-order valence-electron chi connectivity index (χ1n) is 5.15. The molecule has 0 amide bonds. The van der Waals surface area contributed by atoms with Crippen molar-refractivity contribution in [3.8, 4) is 0 Å². The Morgan fingerprint density at radius 3 is 2.61 bits per heavy atom. The minimum absolute atomic E-state index is 0.00556. The zero-order valence-electron chi connectivity index (χ0n) is 10.5. The fourth-order valence-corrected chi connectivity index (χ4v) is 3.22. The van der Waals surface area contributed by atoms with Crippen LogP contribution in [0.3, 0.4) is 0 Å². The van der Waals surface area contributed by atoms with Gasteiger partial charge in [-0.2, -0.15) is 11.8 Å². The summed E-state index contributed by atoms with van der Waals surface area (Å²) in [6.07, 6.45) is 3.21. The number of carboxylic acids is 1. The van der Waals surface area contributed by atoms with Gasteiger partial charge in [0.15, 0.2) is 0 Å². The second-order valence-electron chi connectivity index (χ2n) is 3.80. The second kappa shape index (κ2) is 5.77. The Labute approximate surface area is 111 Å². The molecule has 1 aromatic rings. The van der Waals surface area contributed by atoms with Crippen LogP contribution in [0.25, 0.3) is 0 Å². The van der Waals surface area contributed by atoms with Gasteiger partial charge in [0.05, 0.1) is 0 Å². The van der Waals surface area contributed by atoms with Crippen molar-refractivity contribution in [2.75, 3.05) is 25.6 Å². The molecular weight excluding hydrogens is 276 g/mol. The number of hydrogen-bond acceptors (Lipinski definition) is 4. The molecule has 0 fully saturated rings. The van der Waals surface area contributed by atoms with Gasteiger partial charge in [-0.15, -0.1) is 0 Å². The van der Waals surface area contributed by atoms with Crippen LogP contribution in [-0.4, -0.2) is 54.0 Å². The van der Waals surface area contributed by atoms with E-state index in [1.807, 2.05) is 6.26 Å². The third kappa shape index (κ3) is 3.06. The predicted octanol–water partition coefficient (Wildman–Crippen LogP) is 0.707. The Balaban J connectivity index is 3.05. The maximum Gasteiger partial charge on any atom is 0.352 e. The number of carboxylic acid groups (broad SMARTS) is 1. The standard InChI is InChI=1S/C10H16N2O4S2/c1-11-7-8(6-9(11)10(13)14)18(15,16)12(2)4-5-17-3/h6-7H,4-5H2,1-3H3,(H,13,14). The monoisotopic (exact) mass is 292 g/mol. The van der Waals surface area contributed by atoms with Crippen LogP contribution in [0.5, 0.6) is 0 Å². The normalized spacial score (nSPS) is 12.0. The molecule has 0 saturated carbocycles. The van der Waals surface area contributed by atoms with Gasteiger partial charge in [0.2, 0.25) is 10.0 Å². The lowest BCUT2D eigenvalue weighted by Crippen LogP contribution is -2.28. The van der Waals surface area contributed by atoms with E-state index in [9.17, 15) is 13.2 Å². The smallest absolute Gasteiger partial charge is 0.352 e. The number of aryl methyl sites for hydroxylation is 1. The molecule has 0 aliphatic carbocycles. The average Bonchev–Trinajstić information content (AvgIpc) is 2.68. The fraction of sp³-hybridized carbons (Fsp3) is 0.500. The van der Waals surface area contributed by atoms with Crippen LogP contribution >= 0.6 is 11.8 Å². The molecule has 1 N–H and O–H groups in total. The van der Waals surface area contributed by atoms with Gasteiger partial charge < -0.3 is 9.67 Å². The van der Waals surface area contributed by atoms with Crippen molar-refractivity contribution in [2.45, 2.75) is 4.90 Å². The van der Waals surface area contributed by atoms with Gasteiger partial charge in [0, 0.05) is 32.6 Å². The van der Waals surface area contributed by atoms with Crippen LogP contribution in [0.2, 0.25) is 0 Å². The Bertz CT molecular complexity index is 536. The van der Waals surface area contributed by atoms with Gasteiger partial charge in [-0.3, -0.25) is 0 Å². The number of carbonyl (C=O) groups is 1. The van der Waals surface area contributed by atoms with E-state index in [0.29, 0.717) is 12.3 Å². The lowest BCUT2D eigenvalue weighted by atomic mass is 10.4. The lowest BCUT2D eigenvalue weighted by molar-refractivity contribution is 0.0686. The van der Waals surface area contributed by atoms with Gasteiger partial charge in [-0.05, 0) is 12.3 Å². The molecule has 8 heteroatoms. The first-order valence-corrected chi connectivity index (χ1v) is 7.99. The van der Waals surface area contributed by atoms with Gasteiger partial charge in [-0.25, -0.2) is 17.5 Å². The molecule has 1 heterocycles. The minimum Gasteiger partial charge on any atom is -0.477 e. The van der Waals surface area contributed by atoms with Crippen molar-refractivity contribution in [3.63, 3.8) is 0 Å². The number of aromatic carboxylic acids is 1. The molecule has 102 valence electrons. The summed E-state index contributed by atoms with van der Waals surface area (Å²) in [7, 11) is -0.621. The summed E-state index contributed by atoms with van der Waals surface area (Å²) in [6.45, 7) is 0.390. The van der Waals surface area contributed by atoms with E-state index in [1.165, 1.54) is 35.2 Å². The molecule has 1 aromatic heterocycles. The highest BCUT2D eigenvalue weighted by Crippen LogP contribution is 2.17. The highest BCUT2D eigenvalue weighted by Gasteiger charge is 2.24. The van der Waals surface area contributed by atoms with Crippen LogP contribution in [-0.2, 0) is 17.1 Å². The van der Waals surface area contributed by atoms with E-state index in [4.69, 9.17) is 5.11 Å². The maximum atomic E-state index is 12.1. The molecule has 18 heavy (non-hydrogen) atoms. The second-order valence-corrected chi connectivity index (χ2v) is 6.83. The van der Waals surface area contributed by atoms with Crippen molar-refractivity contribution in [1.82, 2.24) is 8.87 Å². The molecule has 0 saturated heterocycles. The van der Waals surface area contributed by atoms with E-state index in [0.717, 1.165) is 0 Å². The minimum atomic E-state index is -3.61. The zero-order valence-corrected chi connectivity index (χ0v) is 12.1. The molecule has 0 bridgehead atoms. The van der Waals surface area contributed by atoms with Gasteiger partial charge in [0.1, 0.15) is 10.6 Å². The van der Waals surface area contributed by atoms with Crippen LogP contribution in [0.1, 0.15) is 10.5 Å². The molecule has 6 nitrogen and oxygen atoms in total. The van der Waals surface area contributed by atoms with Gasteiger partial charge in [0.25, 0.3) is 0 Å². The van der Waals surface area contributed by atoms with Gasteiger partial charge >= 0.3 is 5.97 Å². The Kier molecular flexibility index (Phi) is 4.83. The third-order valence-electron chi connectivity index (χ3n) is 2.52. The van der Waals surface area contributed by atoms with Crippen LogP contribution in [0.4, 0.5) is 0 Å². The highest BCUT2D eigenvalue weighted by molar-refractivity contribution is 7.98. The number of thioether (sulfide) groups is 1. The summed E-state index contributed by atoms with van der Waals surface area (Å²) in [5.41, 5.74) is -0.0492. The quantitative estimate of drug-likeness (QED) is 0.835. The summed E-state index contributed by atoms with van der Waals surface area (Å²) < 4.78 is 26.8. The van der Waals surface area contributed by atoms with Crippen molar-refractivity contribution in [3.05, 3.63) is 18.0 Å². The largest absolute Gasteiger partial charge is 0.477 e. The highest BCUT2D eigenvalue weighted by atomic mass is 32.2. The predicted molar refractivity (Wildman–Crippen MR) is 70.6 cm³/mol. The summed E-state index contributed by atoms with van der Waals surface area (Å²) in [6, 6.07) is 1.17. The lowest BCUT2D eigenvalue weighted by Gasteiger charge is -2.15. The van der Waals surface area contributed by atoms with Crippen molar-refractivity contribution >= 4 is 27.8 Å². The van der Waals surface area contributed by atoms with E-state index in [1.54, 1.807) is 11.8 Å². The zero-order chi connectivity index (χ0) is 13.9. The van der Waals surface area contributed by atoms with Crippen LogP contribution in [0.15, 0.2) is 17.2 Å². The summed E-state index contributed by atoms with van der Waals surface area (Å²) in [5, 5.41) is 8.89. The molecule has 0 aliphatic rings. The maximum absolute atomic E-state index is 12.1. The van der Waals surface area contributed by atoms with E-state index in [2.05, 4.69) is 0 Å². The van der Waals surface area contributed by atoms with E-state index in [-0.39, 0.29) is 10.6 Å². The van der Waals surface area contributed by atoms with Gasteiger partial charge in [-0.1, -0.05) is 0 Å². The summed E-state index contributed by atoms with van der Waals surface area (Å²) in [5.74, 6) is -0.459. The SMILES string of the molecule is CSCCN(C)S(=O)(=O)c1cc(C(=O)O)n(C)c1. The van der Waals surface area contributed by atoms with Crippen molar-refractivity contribution in [2.24, 2.45) is 7.05 Å². The van der Waals surface area contributed by atoms with E-state index < -0.39 is 16.0 Å². The topological polar surface area (TPSA) is 79.6 Å². The third-order valence-corrected chi connectivity index (χ3v) is 4.93. The van der Waals surface area contributed by atoms with Crippen LogP contribution in [0, 0.1) is 0 Å². The molecule has 0 unspecified atom stereocenters. The summed E-state index contributed by atoms with van der Waals surface area (Å²) >= 11 is 1.55. The average molecular weight is 292 g/mol.